The van der Waals surface area contributed by atoms with Gasteiger partial charge in [0.25, 0.3) is 5.91 Å². The molecule has 2 rings (SSSR count). The first kappa shape index (κ1) is 14.1. The van der Waals surface area contributed by atoms with Gasteiger partial charge in [-0.1, -0.05) is 37.5 Å². The third-order valence-electron chi connectivity index (χ3n) is 3.73. The monoisotopic (exact) mass is 261 g/mol. The highest BCUT2D eigenvalue weighted by atomic mass is 16.5. The van der Waals surface area contributed by atoms with E-state index >= 15 is 0 Å². The van der Waals surface area contributed by atoms with E-state index in [0.717, 1.165) is 12.8 Å². The molecule has 3 nitrogen and oxygen atoms in total. The molecule has 104 valence electrons. The van der Waals surface area contributed by atoms with E-state index in [1.165, 1.54) is 19.3 Å². The third kappa shape index (κ3) is 4.06. The number of hydrogen-bond donors (Lipinski definition) is 1. The Hall–Kier alpha value is -1.35. The normalized spacial score (nSPS) is 17.9. The van der Waals surface area contributed by atoms with Crippen LogP contribution in [0.3, 0.4) is 0 Å². The van der Waals surface area contributed by atoms with Crippen LogP contribution in [0.1, 0.15) is 49.4 Å². The van der Waals surface area contributed by atoms with Gasteiger partial charge in [0.15, 0.2) is 0 Å². The molecule has 1 aromatic rings. The SMILES string of the molecule is CCOC(NC(=O)c1ccccc1)C1CCCCC1. The zero-order valence-electron chi connectivity index (χ0n) is 11.6. The second-order valence-corrected chi connectivity index (χ2v) is 5.11. The van der Waals surface area contributed by atoms with Crippen molar-refractivity contribution in [3.8, 4) is 0 Å². The number of benzene rings is 1. The van der Waals surface area contributed by atoms with Gasteiger partial charge < -0.3 is 10.1 Å². The highest BCUT2D eigenvalue weighted by molar-refractivity contribution is 5.94. The van der Waals surface area contributed by atoms with Crippen molar-refractivity contribution < 1.29 is 9.53 Å². The maximum absolute atomic E-state index is 12.2. The van der Waals surface area contributed by atoms with E-state index in [0.29, 0.717) is 18.1 Å². The zero-order chi connectivity index (χ0) is 13.5. The molecule has 1 amide bonds. The van der Waals surface area contributed by atoms with Crippen molar-refractivity contribution in [2.75, 3.05) is 6.61 Å². The fourth-order valence-corrected chi connectivity index (χ4v) is 2.71. The van der Waals surface area contributed by atoms with Crippen LogP contribution in [0, 0.1) is 5.92 Å². The lowest BCUT2D eigenvalue weighted by Gasteiger charge is -2.30. The number of hydrogen-bond acceptors (Lipinski definition) is 2. The van der Waals surface area contributed by atoms with E-state index in [1.807, 2.05) is 37.3 Å². The summed E-state index contributed by atoms with van der Waals surface area (Å²) in [5, 5.41) is 3.04. The summed E-state index contributed by atoms with van der Waals surface area (Å²) in [6.07, 6.45) is 5.96. The predicted octanol–water partition coefficient (Wildman–Crippen LogP) is 3.36. The van der Waals surface area contributed by atoms with Gasteiger partial charge in [0.1, 0.15) is 6.23 Å². The van der Waals surface area contributed by atoms with Crippen molar-refractivity contribution in [2.45, 2.75) is 45.3 Å². The summed E-state index contributed by atoms with van der Waals surface area (Å²) >= 11 is 0. The van der Waals surface area contributed by atoms with Crippen LogP contribution in [0.2, 0.25) is 0 Å². The van der Waals surface area contributed by atoms with Crippen LogP contribution in [-0.4, -0.2) is 18.7 Å². The molecule has 1 N–H and O–H groups in total. The topological polar surface area (TPSA) is 38.3 Å². The maximum Gasteiger partial charge on any atom is 0.253 e. The molecule has 0 aromatic heterocycles. The third-order valence-corrected chi connectivity index (χ3v) is 3.73. The molecule has 0 bridgehead atoms. The van der Waals surface area contributed by atoms with Gasteiger partial charge in [-0.25, -0.2) is 0 Å². The van der Waals surface area contributed by atoms with Crippen LogP contribution in [0.4, 0.5) is 0 Å². The molecule has 0 spiro atoms. The van der Waals surface area contributed by atoms with Crippen molar-refractivity contribution in [2.24, 2.45) is 5.92 Å². The standard InChI is InChI=1S/C16H23NO2/c1-2-19-16(14-11-7-4-8-12-14)17-15(18)13-9-5-3-6-10-13/h3,5-6,9-10,14,16H,2,4,7-8,11-12H2,1H3,(H,17,18). The summed E-state index contributed by atoms with van der Waals surface area (Å²) < 4.78 is 5.74. The molecule has 19 heavy (non-hydrogen) atoms. The number of ether oxygens (including phenoxy) is 1. The molecule has 0 saturated heterocycles. The van der Waals surface area contributed by atoms with Crippen molar-refractivity contribution in [1.82, 2.24) is 5.32 Å². The highest BCUT2D eigenvalue weighted by Crippen LogP contribution is 2.27. The fourth-order valence-electron chi connectivity index (χ4n) is 2.71. The largest absolute Gasteiger partial charge is 0.358 e. The molecule has 3 heteroatoms. The Kier molecular flexibility index (Phi) is 5.40. The van der Waals surface area contributed by atoms with Gasteiger partial charge in [-0.15, -0.1) is 0 Å². The van der Waals surface area contributed by atoms with Gasteiger partial charge in [-0.05, 0) is 31.9 Å². The minimum Gasteiger partial charge on any atom is -0.358 e. The van der Waals surface area contributed by atoms with E-state index in [4.69, 9.17) is 4.74 Å². The molecule has 1 aromatic carbocycles. The van der Waals surface area contributed by atoms with Crippen LogP contribution < -0.4 is 5.32 Å². The molecule has 1 fully saturated rings. The summed E-state index contributed by atoms with van der Waals surface area (Å²) in [6, 6.07) is 9.34. The molecule has 0 radical (unpaired) electrons. The molecule has 1 aliphatic carbocycles. The minimum atomic E-state index is -0.141. The number of amides is 1. The van der Waals surface area contributed by atoms with Crippen LogP contribution in [0.5, 0.6) is 0 Å². The van der Waals surface area contributed by atoms with E-state index < -0.39 is 0 Å². The Bertz CT molecular complexity index is 385. The van der Waals surface area contributed by atoms with Gasteiger partial charge in [0, 0.05) is 18.1 Å². The summed E-state index contributed by atoms with van der Waals surface area (Å²) in [5.74, 6) is 0.422. The molecule has 1 saturated carbocycles. The zero-order valence-corrected chi connectivity index (χ0v) is 11.6. The lowest BCUT2D eigenvalue weighted by molar-refractivity contribution is -0.0119. The smallest absolute Gasteiger partial charge is 0.253 e. The lowest BCUT2D eigenvalue weighted by atomic mass is 9.88. The Morgan fingerprint density at radius 3 is 2.58 bits per heavy atom. The number of carbonyl (C=O) groups is 1. The lowest BCUT2D eigenvalue weighted by Crippen LogP contribution is -2.43. The van der Waals surface area contributed by atoms with Crippen molar-refractivity contribution in [1.29, 1.82) is 0 Å². The van der Waals surface area contributed by atoms with Gasteiger partial charge in [-0.3, -0.25) is 4.79 Å². The van der Waals surface area contributed by atoms with Crippen molar-refractivity contribution >= 4 is 5.91 Å². The molecule has 1 aliphatic rings. The first-order chi connectivity index (χ1) is 9.31. The molecular formula is C16H23NO2. The molecular weight excluding hydrogens is 238 g/mol. The van der Waals surface area contributed by atoms with Crippen LogP contribution in [-0.2, 0) is 4.74 Å². The fraction of sp³-hybridized carbons (Fsp3) is 0.562. The van der Waals surface area contributed by atoms with Crippen LogP contribution >= 0.6 is 0 Å². The second kappa shape index (κ2) is 7.29. The second-order valence-electron chi connectivity index (χ2n) is 5.11. The number of carbonyl (C=O) groups excluding carboxylic acids is 1. The van der Waals surface area contributed by atoms with E-state index in [1.54, 1.807) is 0 Å². The summed E-state index contributed by atoms with van der Waals surface area (Å²) in [4.78, 5) is 12.2. The van der Waals surface area contributed by atoms with Crippen molar-refractivity contribution in [3.05, 3.63) is 35.9 Å². The molecule has 0 heterocycles. The first-order valence-corrected chi connectivity index (χ1v) is 7.28. The Labute approximate surface area is 115 Å². The van der Waals surface area contributed by atoms with Crippen LogP contribution in [0.25, 0.3) is 0 Å². The molecule has 1 atom stereocenters. The van der Waals surface area contributed by atoms with Gasteiger partial charge in [0.2, 0.25) is 0 Å². The Balaban J connectivity index is 1.97. The average molecular weight is 261 g/mol. The van der Waals surface area contributed by atoms with Gasteiger partial charge in [-0.2, -0.15) is 0 Å². The van der Waals surface area contributed by atoms with Crippen LogP contribution in [0.15, 0.2) is 30.3 Å². The predicted molar refractivity (Wildman–Crippen MR) is 75.9 cm³/mol. The first-order valence-electron chi connectivity index (χ1n) is 7.28. The quantitative estimate of drug-likeness (QED) is 0.825. The summed E-state index contributed by atoms with van der Waals surface area (Å²) in [6.45, 7) is 2.61. The molecule has 1 unspecified atom stereocenters. The van der Waals surface area contributed by atoms with Crippen molar-refractivity contribution in [3.63, 3.8) is 0 Å². The Morgan fingerprint density at radius 2 is 1.95 bits per heavy atom. The number of rotatable bonds is 5. The van der Waals surface area contributed by atoms with E-state index in [-0.39, 0.29) is 12.1 Å². The van der Waals surface area contributed by atoms with E-state index in [9.17, 15) is 4.79 Å². The summed E-state index contributed by atoms with van der Waals surface area (Å²) in [5.41, 5.74) is 0.697. The van der Waals surface area contributed by atoms with E-state index in [2.05, 4.69) is 5.32 Å². The molecule has 0 aliphatic heterocycles. The Morgan fingerprint density at radius 1 is 1.26 bits per heavy atom. The average Bonchev–Trinajstić information content (AvgIpc) is 2.48. The number of nitrogens with one attached hydrogen (secondary N) is 1. The highest BCUT2D eigenvalue weighted by Gasteiger charge is 2.25. The van der Waals surface area contributed by atoms with Gasteiger partial charge >= 0.3 is 0 Å². The van der Waals surface area contributed by atoms with Gasteiger partial charge in [0.05, 0.1) is 0 Å². The minimum absolute atomic E-state index is 0.0374. The maximum atomic E-state index is 12.2. The summed E-state index contributed by atoms with van der Waals surface area (Å²) in [7, 11) is 0.